The Labute approximate surface area is 220 Å². The first-order valence-corrected chi connectivity index (χ1v) is 12.5. The van der Waals surface area contributed by atoms with E-state index < -0.39 is 29.3 Å². The number of fused-ring (bicyclic) bond motifs is 1. The van der Waals surface area contributed by atoms with Crippen molar-refractivity contribution in [1.29, 1.82) is 0 Å². The molecule has 0 aromatic carbocycles. The first-order valence-electron chi connectivity index (χ1n) is 12.5. The summed E-state index contributed by atoms with van der Waals surface area (Å²) in [5.41, 5.74) is 10.0. The van der Waals surface area contributed by atoms with E-state index in [1.54, 1.807) is 0 Å². The van der Waals surface area contributed by atoms with Gasteiger partial charge in [0.25, 0.3) is 0 Å². The minimum absolute atomic E-state index is 0.00705. The summed E-state index contributed by atoms with van der Waals surface area (Å²) in [5.74, 6) is -0.950. The van der Waals surface area contributed by atoms with E-state index in [0.717, 1.165) is 31.4 Å². The second kappa shape index (κ2) is 10.0. The molecule has 3 aromatic rings. The largest absolute Gasteiger partial charge is 0.420 e. The molecular weight excluding hydrogens is 526 g/mol. The van der Waals surface area contributed by atoms with Crippen LogP contribution in [0.25, 0.3) is 11.3 Å². The zero-order chi connectivity index (χ0) is 27.9. The molecule has 2 aliphatic rings. The summed E-state index contributed by atoms with van der Waals surface area (Å²) in [4.78, 5) is 20.3. The number of nitrogens with zero attached hydrogens (tertiary/aromatic N) is 6. The fourth-order valence-electron chi connectivity index (χ4n) is 5.20. The van der Waals surface area contributed by atoms with E-state index in [4.69, 9.17) is 16.5 Å². The van der Waals surface area contributed by atoms with Crippen LogP contribution in [0.15, 0.2) is 24.4 Å². The standard InChI is InChI=1S/C25H26F6N8/c26-24(27,28)16-5-4-8-34-22(16)38-11-6-14-17(7-12-38)35-23(39-9-2-1-3-10-39)37-20(14)15-13-18(32)36-21(33)19(15)25(29,30)31/h4-5,8,13H,1-3,6-7,9-12H2,(H4,32,33,36). The highest BCUT2D eigenvalue weighted by Gasteiger charge is 2.40. The van der Waals surface area contributed by atoms with Crippen molar-refractivity contribution in [2.45, 2.75) is 44.5 Å². The first-order chi connectivity index (χ1) is 18.4. The average Bonchev–Trinajstić information content (AvgIpc) is 3.09. The van der Waals surface area contributed by atoms with Gasteiger partial charge in [-0.25, -0.2) is 19.9 Å². The molecule has 14 heteroatoms. The van der Waals surface area contributed by atoms with E-state index in [-0.39, 0.29) is 54.8 Å². The van der Waals surface area contributed by atoms with E-state index in [2.05, 4.69) is 15.0 Å². The fourth-order valence-corrected chi connectivity index (χ4v) is 5.20. The number of piperidine rings is 1. The molecular formula is C25H26F6N8. The lowest BCUT2D eigenvalue weighted by molar-refractivity contribution is -0.137. The number of anilines is 4. The minimum atomic E-state index is -4.85. The monoisotopic (exact) mass is 552 g/mol. The molecule has 0 bridgehead atoms. The van der Waals surface area contributed by atoms with Gasteiger partial charge in [-0.3, -0.25) is 0 Å². The maximum absolute atomic E-state index is 14.2. The third-order valence-electron chi connectivity index (χ3n) is 6.97. The van der Waals surface area contributed by atoms with E-state index >= 15 is 0 Å². The number of halogens is 6. The fraction of sp³-hybridized carbons (Fsp3) is 0.440. The van der Waals surface area contributed by atoms with Crippen LogP contribution in [-0.4, -0.2) is 46.1 Å². The van der Waals surface area contributed by atoms with Gasteiger partial charge in [0.2, 0.25) is 5.95 Å². The van der Waals surface area contributed by atoms with Gasteiger partial charge in [0.1, 0.15) is 23.0 Å². The van der Waals surface area contributed by atoms with Crippen molar-refractivity contribution in [3.05, 3.63) is 46.8 Å². The molecule has 0 unspecified atom stereocenters. The average molecular weight is 553 g/mol. The van der Waals surface area contributed by atoms with Crippen molar-refractivity contribution < 1.29 is 26.3 Å². The molecule has 5 rings (SSSR count). The summed E-state index contributed by atoms with van der Waals surface area (Å²) in [6.07, 6.45) is -5.16. The highest BCUT2D eigenvalue weighted by atomic mass is 19.4. The van der Waals surface area contributed by atoms with E-state index in [9.17, 15) is 26.3 Å². The highest BCUT2D eigenvalue weighted by molar-refractivity contribution is 5.76. The van der Waals surface area contributed by atoms with Crippen LogP contribution in [0.1, 0.15) is 41.6 Å². The van der Waals surface area contributed by atoms with Crippen molar-refractivity contribution >= 4 is 23.4 Å². The summed E-state index contributed by atoms with van der Waals surface area (Å²) in [5, 5.41) is 0. The highest BCUT2D eigenvalue weighted by Crippen LogP contribution is 2.43. The Hall–Kier alpha value is -3.84. The smallest absolute Gasteiger partial charge is 0.384 e. The van der Waals surface area contributed by atoms with Crippen LogP contribution in [0, 0.1) is 0 Å². The molecule has 0 amide bonds. The van der Waals surface area contributed by atoms with Gasteiger partial charge in [-0.2, -0.15) is 26.3 Å². The normalized spacial score (nSPS) is 16.7. The van der Waals surface area contributed by atoms with Crippen molar-refractivity contribution in [3.8, 4) is 11.3 Å². The first kappa shape index (κ1) is 26.8. The quantitative estimate of drug-likeness (QED) is 0.449. The molecule has 0 spiro atoms. The number of nitrogen functional groups attached to an aromatic ring is 2. The molecule has 1 saturated heterocycles. The Balaban J connectivity index is 1.65. The van der Waals surface area contributed by atoms with Crippen LogP contribution in [0.5, 0.6) is 0 Å². The van der Waals surface area contributed by atoms with Crippen molar-refractivity contribution in [2.75, 3.05) is 47.4 Å². The van der Waals surface area contributed by atoms with Gasteiger partial charge in [0, 0.05) is 49.9 Å². The van der Waals surface area contributed by atoms with Crippen LogP contribution in [0.4, 0.5) is 49.7 Å². The number of nitrogens with two attached hydrogens (primary N) is 2. The van der Waals surface area contributed by atoms with Crippen molar-refractivity contribution in [2.24, 2.45) is 0 Å². The van der Waals surface area contributed by atoms with E-state index in [1.165, 1.54) is 17.2 Å². The molecule has 208 valence electrons. The topological polar surface area (TPSA) is 110 Å². The Morgan fingerprint density at radius 3 is 2.21 bits per heavy atom. The number of alkyl halides is 6. The zero-order valence-corrected chi connectivity index (χ0v) is 20.8. The maximum atomic E-state index is 14.2. The van der Waals surface area contributed by atoms with Crippen molar-refractivity contribution in [3.63, 3.8) is 0 Å². The predicted molar refractivity (Wildman–Crippen MR) is 134 cm³/mol. The summed E-state index contributed by atoms with van der Waals surface area (Å²) < 4.78 is 83.7. The molecule has 0 saturated carbocycles. The molecule has 3 aromatic heterocycles. The number of pyridine rings is 2. The Kier molecular flexibility index (Phi) is 6.89. The van der Waals surface area contributed by atoms with Gasteiger partial charge in [0.05, 0.1) is 17.0 Å². The number of hydrogen-bond donors (Lipinski definition) is 2. The molecule has 5 heterocycles. The molecule has 2 aliphatic heterocycles. The zero-order valence-electron chi connectivity index (χ0n) is 20.8. The van der Waals surface area contributed by atoms with Crippen molar-refractivity contribution in [1.82, 2.24) is 19.9 Å². The lowest BCUT2D eigenvalue weighted by atomic mass is 9.97. The van der Waals surface area contributed by atoms with E-state index in [0.29, 0.717) is 24.3 Å². The van der Waals surface area contributed by atoms with Gasteiger partial charge in [-0.05, 0) is 43.9 Å². The predicted octanol–water partition coefficient (Wildman–Crippen LogP) is 4.73. The molecule has 0 aliphatic carbocycles. The van der Waals surface area contributed by atoms with Crippen LogP contribution >= 0.6 is 0 Å². The molecule has 0 radical (unpaired) electrons. The van der Waals surface area contributed by atoms with Gasteiger partial charge >= 0.3 is 12.4 Å². The third kappa shape index (κ3) is 5.36. The summed E-state index contributed by atoms with van der Waals surface area (Å²) >= 11 is 0. The second-order valence-corrected chi connectivity index (χ2v) is 9.56. The van der Waals surface area contributed by atoms with Gasteiger partial charge < -0.3 is 21.3 Å². The van der Waals surface area contributed by atoms with E-state index in [1.807, 2.05) is 4.90 Å². The SMILES string of the molecule is Nc1cc(-c2nc(N3CCCCC3)nc3c2CCN(c2ncccc2C(F)(F)F)CC3)c(C(F)(F)F)c(N)n1. The minimum Gasteiger partial charge on any atom is -0.384 e. The Morgan fingerprint density at radius 1 is 0.795 bits per heavy atom. The number of aromatic nitrogens is 4. The van der Waals surface area contributed by atoms with Gasteiger partial charge in [-0.1, -0.05) is 0 Å². The number of rotatable bonds is 3. The lowest BCUT2D eigenvalue weighted by Gasteiger charge is -2.28. The van der Waals surface area contributed by atoms with Crippen LogP contribution < -0.4 is 21.3 Å². The molecule has 0 atom stereocenters. The Morgan fingerprint density at radius 2 is 1.51 bits per heavy atom. The van der Waals surface area contributed by atoms with Gasteiger partial charge in [0.15, 0.2) is 0 Å². The maximum Gasteiger partial charge on any atom is 0.420 e. The summed E-state index contributed by atoms with van der Waals surface area (Å²) in [6, 6.07) is 3.26. The second-order valence-electron chi connectivity index (χ2n) is 9.56. The summed E-state index contributed by atoms with van der Waals surface area (Å²) in [6.45, 7) is 1.47. The number of hydrogen-bond acceptors (Lipinski definition) is 8. The van der Waals surface area contributed by atoms with Crippen LogP contribution in [0.2, 0.25) is 0 Å². The molecule has 4 N–H and O–H groups in total. The third-order valence-corrected chi connectivity index (χ3v) is 6.97. The molecule has 39 heavy (non-hydrogen) atoms. The molecule has 1 fully saturated rings. The summed E-state index contributed by atoms with van der Waals surface area (Å²) in [7, 11) is 0. The van der Waals surface area contributed by atoms with Gasteiger partial charge in [-0.15, -0.1) is 0 Å². The lowest BCUT2D eigenvalue weighted by Crippen LogP contribution is -2.31. The molecule has 8 nitrogen and oxygen atoms in total. The van der Waals surface area contributed by atoms with Crippen LogP contribution in [-0.2, 0) is 25.2 Å². The Bertz CT molecular complexity index is 1370. The van der Waals surface area contributed by atoms with Crippen LogP contribution in [0.3, 0.4) is 0 Å².